The second-order valence-electron chi connectivity index (χ2n) is 13.6. The predicted molar refractivity (Wildman–Crippen MR) is 197 cm³/mol. The zero-order valence-corrected chi connectivity index (χ0v) is 31.6. The van der Waals surface area contributed by atoms with Gasteiger partial charge in [0, 0.05) is 0 Å². The number of carbonyl (C=O) groups excluding carboxylic acids is 1. The first kappa shape index (κ1) is 47.5. The third-order valence-electron chi connectivity index (χ3n) is 9.05. The normalized spacial score (nSPS) is 25.8. The van der Waals surface area contributed by atoms with Gasteiger partial charge in [0.1, 0.15) is 36.6 Å². The molecule has 13 nitrogen and oxygen atoms in total. The van der Waals surface area contributed by atoms with E-state index in [0.29, 0.717) is 19.3 Å². The average Bonchev–Trinajstić information content (AvgIpc) is 3.09. The van der Waals surface area contributed by atoms with Crippen LogP contribution in [0.4, 0.5) is 0 Å². The Kier molecular flexibility index (Phi) is 26.1. The third-order valence-corrected chi connectivity index (χ3v) is 10.0. The second-order valence-corrected chi connectivity index (χ2v) is 15.0. The molecule has 1 rings (SSSR count). The number of aliphatic hydroxyl groups is 7. The van der Waals surface area contributed by atoms with E-state index in [0.717, 1.165) is 38.5 Å². The largest absolute Gasteiger partial charge is 0.472 e. The summed E-state index contributed by atoms with van der Waals surface area (Å²) in [6.45, 7) is 3.43. The topological polar surface area (TPSA) is 226 Å². The molecular weight excluding hydrogens is 681 g/mol. The first-order chi connectivity index (χ1) is 24.3. The van der Waals surface area contributed by atoms with Crippen molar-refractivity contribution in [3.05, 3.63) is 36.5 Å². The number of allylic oxidation sites excluding steroid dienone is 5. The fourth-order valence-electron chi connectivity index (χ4n) is 5.87. The number of hydrogen-bond acceptors (Lipinski definition) is 11. The van der Waals surface area contributed by atoms with Crippen LogP contribution in [0.1, 0.15) is 129 Å². The summed E-state index contributed by atoms with van der Waals surface area (Å²) in [5.74, 6) is -0.612. The van der Waals surface area contributed by atoms with Crippen molar-refractivity contribution in [3.8, 4) is 0 Å². The standard InChI is InChI=1S/C37H68NO12P/c1-3-5-7-9-11-13-14-15-17-18-20-22-24-28(39)26-31(41)38-29(30(40)25-23-21-19-16-12-10-8-6-4-2)27-49-51(47,48)50-37-35(45)33(43)32(42)34(44)36(37)46/h4,6,12,16,23,25,28-30,32-37,39-40,42-46H,3,5,7-11,13-15,17-22,24,26-27H2,1-2H3,(H,38,41)(H,47,48)/b6-4+,16-12+,25-23+. The maximum Gasteiger partial charge on any atom is 0.472 e. The molecule has 0 aromatic rings. The summed E-state index contributed by atoms with van der Waals surface area (Å²) < 4.78 is 22.6. The molecular formula is C37H68NO12P. The van der Waals surface area contributed by atoms with Crippen LogP contribution in [-0.4, -0.2) is 108 Å². The van der Waals surface area contributed by atoms with E-state index in [1.807, 2.05) is 19.1 Å². The van der Waals surface area contributed by atoms with Gasteiger partial charge < -0.3 is 46.0 Å². The third kappa shape index (κ3) is 21.1. The van der Waals surface area contributed by atoms with Crippen molar-refractivity contribution in [1.82, 2.24) is 5.32 Å². The first-order valence-electron chi connectivity index (χ1n) is 19.0. The molecule has 1 amide bonds. The lowest BCUT2D eigenvalue weighted by molar-refractivity contribution is -0.220. The number of carbonyl (C=O) groups is 1. The zero-order chi connectivity index (χ0) is 38.1. The molecule has 1 aliphatic carbocycles. The molecule has 298 valence electrons. The molecule has 0 spiro atoms. The summed E-state index contributed by atoms with van der Waals surface area (Å²) in [7, 11) is -5.14. The fourth-order valence-corrected chi connectivity index (χ4v) is 6.83. The first-order valence-corrected chi connectivity index (χ1v) is 20.5. The summed E-state index contributed by atoms with van der Waals surface area (Å²) in [5.41, 5.74) is 0. The number of unbranched alkanes of at least 4 members (excludes halogenated alkanes) is 13. The van der Waals surface area contributed by atoms with Crippen LogP contribution in [0.25, 0.3) is 0 Å². The molecule has 0 bridgehead atoms. The number of aliphatic hydroxyl groups excluding tert-OH is 7. The van der Waals surface area contributed by atoms with Gasteiger partial charge in [-0.05, 0) is 39.0 Å². The highest BCUT2D eigenvalue weighted by molar-refractivity contribution is 7.47. The van der Waals surface area contributed by atoms with Gasteiger partial charge in [-0.3, -0.25) is 13.8 Å². The van der Waals surface area contributed by atoms with E-state index in [1.54, 1.807) is 6.08 Å². The maximum atomic E-state index is 12.9. The predicted octanol–water partition coefficient (Wildman–Crippen LogP) is 4.24. The van der Waals surface area contributed by atoms with Crippen molar-refractivity contribution in [2.45, 2.75) is 184 Å². The molecule has 1 fully saturated rings. The highest BCUT2D eigenvalue weighted by Crippen LogP contribution is 2.47. The van der Waals surface area contributed by atoms with Crippen LogP contribution >= 0.6 is 7.82 Å². The van der Waals surface area contributed by atoms with Crippen molar-refractivity contribution >= 4 is 13.7 Å². The van der Waals surface area contributed by atoms with Crippen molar-refractivity contribution in [1.29, 1.82) is 0 Å². The van der Waals surface area contributed by atoms with E-state index in [2.05, 4.69) is 24.4 Å². The molecule has 0 heterocycles. The summed E-state index contributed by atoms with van der Waals surface area (Å²) in [5, 5.41) is 73.8. The quantitative estimate of drug-likeness (QED) is 0.0297. The highest BCUT2D eigenvalue weighted by atomic mass is 31.2. The van der Waals surface area contributed by atoms with Gasteiger partial charge in [0.15, 0.2) is 0 Å². The Labute approximate surface area is 305 Å². The molecule has 8 unspecified atom stereocenters. The van der Waals surface area contributed by atoms with E-state index < -0.39 is 75.2 Å². The van der Waals surface area contributed by atoms with Crippen LogP contribution in [-0.2, 0) is 18.4 Å². The van der Waals surface area contributed by atoms with Crippen LogP contribution in [0.3, 0.4) is 0 Å². The van der Waals surface area contributed by atoms with Gasteiger partial charge in [0.2, 0.25) is 5.91 Å². The SMILES string of the molecule is C/C=C/CC/C=C/CC/C=C/C(O)C(COP(=O)(O)OC1C(O)C(O)C(O)C(O)C1O)NC(=O)CC(O)CCCCCCCCCCCCCC. The average molecular weight is 750 g/mol. The van der Waals surface area contributed by atoms with Crippen LogP contribution in [0.15, 0.2) is 36.5 Å². The Hall–Kier alpha value is -1.48. The van der Waals surface area contributed by atoms with E-state index in [4.69, 9.17) is 9.05 Å². The molecule has 14 heteroatoms. The monoisotopic (exact) mass is 749 g/mol. The Morgan fingerprint density at radius 2 is 1.20 bits per heavy atom. The second kappa shape index (κ2) is 28.0. The maximum absolute atomic E-state index is 12.9. The Bertz CT molecular complexity index is 1030. The minimum Gasteiger partial charge on any atom is -0.393 e. The molecule has 8 atom stereocenters. The van der Waals surface area contributed by atoms with Crippen molar-refractivity contribution in [2.75, 3.05) is 6.61 Å². The lowest BCUT2D eigenvalue weighted by Crippen LogP contribution is -2.64. The van der Waals surface area contributed by atoms with Crippen LogP contribution in [0, 0.1) is 0 Å². The molecule has 51 heavy (non-hydrogen) atoms. The van der Waals surface area contributed by atoms with Gasteiger partial charge >= 0.3 is 7.82 Å². The number of amides is 1. The molecule has 0 aromatic heterocycles. The highest BCUT2D eigenvalue weighted by Gasteiger charge is 2.51. The minimum atomic E-state index is -5.14. The number of rotatable bonds is 29. The lowest BCUT2D eigenvalue weighted by Gasteiger charge is -2.41. The van der Waals surface area contributed by atoms with E-state index >= 15 is 0 Å². The zero-order valence-electron chi connectivity index (χ0n) is 30.8. The van der Waals surface area contributed by atoms with Crippen molar-refractivity contribution in [2.24, 2.45) is 0 Å². The number of phosphoric ester groups is 1. The molecule has 0 radical (unpaired) electrons. The summed E-state index contributed by atoms with van der Waals surface area (Å²) in [6, 6.07) is -1.26. The smallest absolute Gasteiger partial charge is 0.393 e. The van der Waals surface area contributed by atoms with Crippen molar-refractivity contribution in [3.63, 3.8) is 0 Å². The van der Waals surface area contributed by atoms with E-state index in [-0.39, 0.29) is 6.42 Å². The van der Waals surface area contributed by atoms with Crippen LogP contribution in [0.2, 0.25) is 0 Å². The molecule has 0 aliphatic heterocycles. The number of hydrogen-bond donors (Lipinski definition) is 9. The summed E-state index contributed by atoms with van der Waals surface area (Å²) >= 11 is 0. The summed E-state index contributed by atoms with van der Waals surface area (Å²) in [6.07, 6.45) is 14.4. The Balaban J connectivity index is 2.66. The fraction of sp³-hybridized carbons (Fsp3) is 0.811. The van der Waals surface area contributed by atoms with Crippen molar-refractivity contribution < 1.29 is 59.0 Å². The van der Waals surface area contributed by atoms with Gasteiger partial charge in [0.25, 0.3) is 0 Å². The molecule has 1 aliphatic rings. The number of nitrogens with one attached hydrogen (secondary N) is 1. The minimum absolute atomic E-state index is 0.255. The van der Waals surface area contributed by atoms with E-state index in [1.165, 1.54) is 57.4 Å². The Morgan fingerprint density at radius 1 is 0.725 bits per heavy atom. The molecule has 9 N–H and O–H groups in total. The van der Waals surface area contributed by atoms with Gasteiger partial charge in [-0.2, -0.15) is 0 Å². The number of phosphoric acid groups is 1. The van der Waals surface area contributed by atoms with Crippen LogP contribution < -0.4 is 5.32 Å². The van der Waals surface area contributed by atoms with Gasteiger partial charge in [-0.25, -0.2) is 4.57 Å². The molecule has 0 saturated heterocycles. The van der Waals surface area contributed by atoms with Gasteiger partial charge in [-0.1, -0.05) is 120 Å². The summed E-state index contributed by atoms with van der Waals surface area (Å²) in [4.78, 5) is 23.2. The van der Waals surface area contributed by atoms with Gasteiger partial charge in [-0.15, -0.1) is 0 Å². The lowest BCUT2D eigenvalue weighted by atomic mass is 9.85. The van der Waals surface area contributed by atoms with E-state index in [9.17, 15) is 50.0 Å². The molecule has 0 aromatic carbocycles. The Morgan fingerprint density at radius 3 is 1.73 bits per heavy atom. The molecule has 1 saturated carbocycles. The van der Waals surface area contributed by atoms with Gasteiger partial charge in [0.05, 0.1) is 31.3 Å². The van der Waals surface area contributed by atoms with Crippen LogP contribution in [0.5, 0.6) is 0 Å².